The van der Waals surface area contributed by atoms with Crippen LogP contribution in [0.5, 0.6) is 17.2 Å². The van der Waals surface area contributed by atoms with Crippen molar-refractivity contribution in [2.24, 2.45) is 0 Å². The molecule has 2 aromatic carbocycles. The summed E-state index contributed by atoms with van der Waals surface area (Å²) in [6.45, 7) is 3.29. The van der Waals surface area contributed by atoms with Crippen LogP contribution < -0.4 is 14.2 Å². The Morgan fingerprint density at radius 3 is 2.90 bits per heavy atom. The fourth-order valence-corrected chi connectivity index (χ4v) is 3.98. The summed E-state index contributed by atoms with van der Waals surface area (Å²) in [7, 11) is 1.80. The van der Waals surface area contributed by atoms with Crippen molar-refractivity contribution >= 4 is 17.2 Å². The third kappa shape index (κ3) is 4.35. The smallest absolute Gasteiger partial charge is 0.231 e. The molecule has 0 fully saturated rings. The number of fused-ring (bicyclic) bond motifs is 1. The number of nitrogens with zero attached hydrogens (tertiary/aromatic N) is 2. The number of carbonyl (C=O) groups is 1. The minimum atomic E-state index is 0.0117. The summed E-state index contributed by atoms with van der Waals surface area (Å²) in [5.74, 6) is 2.28. The zero-order chi connectivity index (χ0) is 20.2. The number of amides is 1. The van der Waals surface area contributed by atoms with E-state index >= 15 is 0 Å². The van der Waals surface area contributed by atoms with Crippen LogP contribution in [-0.4, -0.2) is 36.2 Å². The average Bonchev–Trinajstić information content (AvgIpc) is 3.37. The highest BCUT2D eigenvalue weighted by atomic mass is 32.1. The maximum atomic E-state index is 12.7. The number of benzene rings is 2. The van der Waals surface area contributed by atoms with Crippen LogP contribution >= 0.6 is 11.3 Å². The molecule has 1 amide bonds. The Hall–Kier alpha value is -3.06. The summed E-state index contributed by atoms with van der Waals surface area (Å²) >= 11 is 1.52. The predicted molar refractivity (Wildman–Crippen MR) is 111 cm³/mol. The van der Waals surface area contributed by atoms with Crippen LogP contribution in [0, 0.1) is 0 Å². The molecule has 0 saturated heterocycles. The summed E-state index contributed by atoms with van der Waals surface area (Å²) in [5.41, 5.74) is 2.71. The molecule has 0 aliphatic carbocycles. The summed E-state index contributed by atoms with van der Waals surface area (Å²) in [6, 6.07) is 13.6. The van der Waals surface area contributed by atoms with Gasteiger partial charge in [-0.25, -0.2) is 4.98 Å². The van der Waals surface area contributed by atoms with Crippen LogP contribution in [0.3, 0.4) is 0 Å². The molecule has 4 rings (SSSR count). The van der Waals surface area contributed by atoms with Gasteiger partial charge in [0.25, 0.3) is 0 Å². The second-order valence-corrected chi connectivity index (χ2v) is 7.55. The van der Waals surface area contributed by atoms with Gasteiger partial charge in [-0.05, 0) is 36.8 Å². The van der Waals surface area contributed by atoms with Crippen molar-refractivity contribution in [2.45, 2.75) is 19.9 Å². The SMILES string of the molecule is CCOc1ccccc1-c1nc(CC(=O)N(C)Cc2ccc3c(c2)OCO3)cs1. The number of rotatable bonds is 7. The molecular formula is C22H22N2O4S. The first-order valence-electron chi connectivity index (χ1n) is 9.43. The van der Waals surface area contributed by atoms with E-state index in [1.54, 1.807) is 11.9 Å². The number of thiazole rings is 1. The Kier molecular flexibility index (Phi) is 5.67. The zero-order valence-electron chi connectivity index (χ0n) is 16.4. The van der Waals surface area contributed by atoms with E-state index in [1.165, 1.54) is 11.3 Å². The molecule has 1 aliphatic rings. The first-order valence-corrected chi connectivity index (χ1v) is 10.3. The second-order valence-electron chi connectivity index (χ2n) is 6.69. The number of aromatic nitrogens is 1. The quantitative estimate of drug-likeness (QED) is 0.586. The maximum absolute atomic E-state index is 12.7. The number of hydrogen-bond donors (Lipinski definition) is 0. The van der Waals surface area contributed by atoms with Crippen LogP contribution in [0.1, 0.15) is 18.2 Å². The first-order chi connectivity index (χ1) is 14.1. The van der Waals surface area contributed by atoms with Gasteiger partial charge < -0.3 is 19.1 Å². The molecular weight excluding hydrogens is 388 g/mol. The standard InChI is InChI=1S/C22H22N2O4S/c1-3-26-18-7-5-4-6-17(18)22-23-16(13-29-22)11-21(25)24(2)12-15-8-9-19-20(10-15)28-14-27-19/h4-10,13H,3,11-12,14H2,1-2H3. The van der Waals surface area contributed by atoms with Crippen molar-refractivity contribution in [3.63, 3.8) is 0 Å². The van der Waals surface area contributed by atoms with Crippen molar-refractivity contribution in [2.75, 3.05) is 20.4 Å². The van der Waals surface area contributed by atoms with Gasteiger partial charge in [-0.1, -0.05) is 18.2 Å². The lowest BCUT2D eigenvalue weighted by molar-refractivity contribution is -0.129. The summed E-state index contributed by atoms with van der Waals surface area (Å²) in [5, 5.41) is 2.79. The number of hydrogen-bond acceptors (Lipinski definition) is 6. The van der Waals surface area contributed by atoms with Gasteiger partial charge in [-0.3, -0.25) is 4.79 Å². The average molecular weight is 410 g/mol. The molecule has 0 unspecified atom stereocenters. The molecule has 0 radical (unpaired) electrons. The van der Waals surface area contributed by atoms with E-state index in [0.29, 0.717) is 13.2 Å². The summed E-state index contributed by atoms with van der Waals surface area (Å²) < 4.78 is 16.4. The van der Waals surface area contributed by atoms with Crippen LogP contribution in [0.15, 0.2) is 47.8 Å². The lowest BCUT2D eigenvalue weighted by atomic mass is 10.2. The lowest BCUT2D eigenvalue weighted by Crippen LogP contribution is -2.27. The maximum Gasteiger partial charge on any atom is 0.231 e. The topological polar surface area (TPSA) is 60.9 Å². The van der Waals surface area contributed by atoms with E-state index in [2.05, 4.69) is 4.98 Å². The highest BCUT2D eigenvalue weighted by Gasteiger charge is 2.17. The van der Waals surface area contributed by atoms with Crippen molar-refractivity contribution in [1.82, 2.24) is 9.88 Å². The van der Waals surface area contributed by atoms with Crippen molar-refractivity contribution in [3.8, 4) is 27.8 Å². The summed E-state index contributed by atoms with van der Waals surface area (Å²) in [6.07, 6.45) is 0.258. The zero-order valence-corrected chi connectivity index (χ0v) is 17.2. The van der Waals surface area contributed by atoms with Crippen LogP contribution in [0.2, 0.25) is 0 Å². The second kappa shape index (κ2) is 8.53. The predicted octanol–water partition coefficient (Wildman–Crippen LogP) is 4.14. The molecule has 7 heteroatoms. The van der Waals surface area contributed by atoms with Crippen molar-refractivity contribution in [3.05, 3.63) is 59.1 Å². The fraction of sp³-hybridized carbons (Fsp3) is 0.273. The third-order valence-electron chi connectivity index (χ3n) is 4.58. The van der Waals surface area contributed by atoms with Gasteiger partial charge in [0.15, 0.2) is 11.5 Å². The minimum Gasteiger partial charge on any atom is -0.493 e. The molecule has 0 atom stereocenters. The molecule has 2 heterocycles. The highest BCUT2D eigenvalue weighted by molar-refractivity contribution is 7.13. The van der Waals surface area contributed by atoms with Gasteiger partial charge in [-0.15, -0.1) is 11.3 Å². The van der Waals surface area contributed by atoms with Crippen molar-refractivity contribution < 1.29 is 19.0 Å². The third-order valence-corrected chi connectivity index (χ3v) is 5.51. The van der Waals surface area contributed by atoms with Crippen molar-refractivity contribution in [1.29, 1.82) is 0 Å². The molecule has 1 aromatic heterocycles. The Labute approximate surface area is 173 Å². The van der Waals surface area contributed by atoms with Gasteiger partial charge in [0.2, 0.25) is 12.7 Å². The van der Waals surface area contributed by atoms with Gasteiger partial charge in [0.1, 0.15) is 10.8 Å². The van der Waals surface area contributed by atoms with Gasteiger partial charge >= 0.3 is 0 Å². The lowest BCUT2D eigenvalue weighted by Gasteiger charge is -2.17. The molecule has 0 spiro atoms. The highest BCUT2D eigenvalue weighted by Crippen LogP contribution is 2.33. The molecule has 6 nitrogen and oxygen atoms in total. The Balaban J connectivity index is 1.41. The number of carbonyl (C=O) groups excluding carboxylic acids is 1. The van der Waals surface area contributed by atoms with Crippen LogP contribution in [0.25, 0.3) is 10.6 Å². The van der Waals surface area contributed by atoms with Gasteiger partial charge in [0, 0.05) is 19.0 Å². The van der Waals surface area contributed by atoms with Gasteiger partial charge in [-0.2, -0.15) is 0 Å². The molecule has 29 heavy (non-hydrogen) atoms. The summed E-state index contributed by atoms with van der Waals surface area (Å²) in [4.78, 5) is 19.0. The van der Waals surface area contributed by atoms with Crippen LogP contribution in [-0.2, 0) is 17.8 Å². The van der Waals surface area contributed by atoms with Gasteiger partial charge in [0.05, 0.1) is 24.3 Å². The Morgan fingerprint density at radius 1 is 1.21 bits per heavy atom. The van der Waals surface area contributed by atoms with E-state index in [0.717, 1.165) is 39.1 Å². The van der Waals surface area contributed by atoms with E-state index in [-0.39, 0.29) is 19.1 Å². The number of likely N-dealkylation sites (N-methyl/N-ethyl adjacent to an activating group) is 1. The molecule has 0 bridgehead atoms. The van der Waals surface area contributed by atoms with E-state index in [1.807, 2.05) is 54.8 Å². The normalized spacial score (nSPS) is 12.1. The number of para-hydroxylation sites is 1. The Bertz CT molecular complexity index is 1020. The molecule has 150 valence electrons. The molecule has 0 saturated carbocycles. The van der Waals surface area contributed by atoms with Crippen LogP contribution in [0.4, 0.5) is 0 Å². The molecule has 0 N–H and O–H groups in total. The van der Waals surface area contributed by atoms with E-state index in [4.69, 9.17) is 14.2 Å². The monoisotopic (exact) mass is 410 g/mol. The molecule has 3 aromatic rings. The fourth-order valence-electron chi connectivity index (χ4n) is 3.13. The van der Waals surface area contributed by atoms with E-state index in [9.17, 15) is 4.79 Å². The van der Waals surface area contributed by atoms with E-state index < -0.39 is 0 Å². The number of ether oxygens (including phenoxy) is 3. The molecule has 1 aliphatic heterocycles. The first kappa shape index (κ1) is 19.3. The minimum absolute atomic E-state index is 0.0117. The Morgan fingerprint density at radius 2 is 2.03 bits per heavy atom. The largest absolute Gasteiger partial charge is 0.493 e.